The number of rotatable bonds is 5. The molecule has 2 fully saturated rings. The third-order valence-corrected chi connectivity index (χ3v) is 8.82. The molecule has 4 rings (SSSR count). The van der Waals surface area contributed by atoms with Gasteiger partial charge in [-0.05, 0) is 55.4 Å². The van der Waals surface area contributed by atoms with Gasteiger partial charge in [0.1, 0.15) is 17.0 Å². The van der Waals surface area contributed by atoms with Crippen molar-refractivity contribution in [1.29, 1.82) is 5.26 Å². The zero-order valence-corrected chi connectivity index (χ0v) is 24.9. The SMILES string of the molecule is CC(C)(C)C[C@@H]1N[C@@H](C(=O)NC2(C)CCN(C(=O)O)CC2)[C@H](c2cccc(Cl)c2F)[C@@]1(C#N)c1ccc(Cl)cc1F. The van der Waals surface area contributed by atoms with Crippen LogP contribution in [0, 0.1) is 28.4 Å². The van der Waals surface area contributed by atoms with E-state index >= 15 is 8.78 Å². The van der Waals surface area contributed by atoms with Crippen molar-refractivity contribution in [1.82, 2.24) is 15.5 Å². The number of likely N-dealkylation sites (tertiary alicyclic amines) is 1. The molecule has 2 aliphatic heterocycles. The number of piperidine rings is 1. The largest absolute Gasteiger partial charge is 0.465 e. The third-order valence-electron chi connectivity index (χ3n) is 8.29. The average Bonchev–Trinajstić information content (AvgIpc) is 3.18. The molecule has 2 heterocycles. The van der Waals surface area contributed by atoms with E-state index < -0.39 is 52.6 Å². The van der Waals surface area contributed by atoms with Crippen LogP contribution in [0.2, 0.25) is 10.0 Å². The molecule has 41 heavy (non-hydrogen) atoms. The van der Waals surface area contributed by atoms with Crippen molar-refractivity contribution in [2.24, 2.45) is 5.41 Å². The Morgan fingerprint density at radius 1 is 1.20 bits per heavy atom. The Bertz CT molecular complexity index is 1380. The second-order valence-electron chi connectivity index (χ2n) is 12.5. The van der Waals surface area contributed by atoms with E-state index in [0.717, 1.165) is 6.07 Å². The van der Waals surface area contributed by atoms with E-state index in [2.05, 4.69) is 16.7 Å². The molecule has 2 aliphatic rings. The van der Waals surface area contributed by atoms with Crippen LogP contribution in [0.5, 0.6) is 0 Å². The van der Waals surface area contributed by atoms with Crippen LogP contribution < -0.4 is 10.6 Å². The van der Waals surface area contributed by atoms with Gasteiger partial charge in [0, 0.05) is 41.2 Å². The standard InChI is InChI=1S/C30H34Cl2F2N4O3/c1-28(2,3)15-22-30(16-35,19-9-8-17(31)14-21(19)33)23(18-6-5-7-20(32)24(18)34)25(36-22)26(39)37-29(4)10-12-38(13-11-29)27(40)41/h5-9,14,22-23,25,36H,10-13,15H2,1-4H3,(H,37,39)(H,40,41)/t22-,23-,25+,30-/m0/s1. The number of carbonyl (C=O) groups excluding carboxylic acids is 1. The van der Waals surface area contributed by atoms with Crippen LogP contribution in [0.1, 0.15) is 64.0 Å². The van der Waals surface area contributed by atoms with Crippen LogP contribution in [0.25, 0.3) is 0 Å². The van der Waals surface area contributed by atoms with E-state index in [4.69, 9.17) is 23.2 Å². The summed E-state index contributed by atoms with van der Waals surface area (Å²) in [5, 5.41) is 26.6. The maximum atomic E-state index is 15.8. The molecule has 11 heteroatoms. The van der Waals surface area contributed by atoms with Crippen molar-refractivity contribution in [3.8, 4) is 6.07 Å². The summed E-state index contributed by atoms with van der Waals surface area (Å²) < 4.78 is 31.5. The number of benzene rings is 2. The smallest absolute Gasteiger partial charge is 0.407 e. The zero-order valence-electron chi connectivity index (χ0n) is 23.4. The topological polar surface area (TPSA) is 105 Å². The number of carboxylic acid groups (broad SMARTS) is 1. The van der Waals surface area contributed by atoms with E-state index in [1.165, 1.54) is 35.2 Å². The van der Waals surface area contributed by atoms with Crippen LogP contribution in [-0.4, -0.2) is 52.7 Å². The highest BCUT2D eigenvalue weighted by atomic mass is 35.5. The van der Waals surface area contributed by atoms with Crippen LogP contribution in [0.4, 0.5) is 13.6 Å². The predicted molar refractivity (Wildman–Crippen MR) is 153 cm³/mol. The summed E-state index contributed by atoms with van der Waals surface area (Å²) in [4.78, 5) is 26.8. The van der Waals surface area contributed by atoms with Crippen molar-refractivity contribution < 1.29 is 23.5 Å². The Hall–Kier alpha value is -2.93. The first kappa shape index (κ1) is 31.0. The normalized spacial score (nSPS) is 25.9. The van der Waals surface area contributed by atoms with Gasteiger partial charge in [0.15, 0.2) is 0 Å². The fourth-order valence-electron chi connectivity index (χ4n) is 6.25. The highest BCUT2D eigenvalue weighted by Gasteiger charge is 2.61. The molecule has 4 atom stereocenters. The van der Waals surface area contributed by atoms with Crippen molar-refractivity contribution in [3.05, 3.63) is 69.2 Å². The summed E-state index contributed by atoms with van der Waals surface area (Å²) >= 11 is 12.3. The summed E-state index contributed by atoms with van der Waals surface area (Å²) in [5.74, 6) is -3.19. The Kier molecular flexibility index (Phi) is 8.62. The van der Waals surface area contributed by atoms with Crippen LogP contribution in [-0.2, 0) is 10.2 Å². The molecule has 0 saturated carbocycles. The van der Waals surface area contributed by atoms with Gasteiger partial charge in [-0.2, -0.15) is 5.26 Å². The number of hydrogen-bond donors (Lipinski definition) is 3. The van der Waals surface area contributed by atoms with Gasteiger partial charge < -0.3 is 20.6 Å². The molecule has 0 aromatic heterocycles. The molecule has 0 aliphatic carbocycles. The molecule has 2 aromatic carbocycles. The highest BCUT2D eigenvalue weighted by Crippen LogP contribution is 2.52. The monoisotopic (exact) mass is 606 g/mol. The van der Waals surface area contributed by atoms with Crippen molar-refractivity contribution in [2.75, 3.05) is 13.1 Å². The molecule has 7 nitrogen and oxygen atoms in total. The minimum absolute atomic E-state index is 0.00630. The quantitative estimate of drug-likeness (QED) is 0.373. The lowest BCUT2D eigenvalue weighted by Crippen LogP contribution is -2.58. The minimum atomic E-state index is -1.72. The number of hydrogen-bond acceptors (Lipinski definition) is 4. The molecule has 0 spiro atoms. The zero-order chi connectivity index (χ0) is 30.3. The van der Waals surface area contributed by atoms with E-state index in [-0.39, 0.29) is 39.7 Å². The Balaban J connectivity index is 1.87. The minimum Gasteiger partial charge on any atom is -0.465 e. The molecule has 0 unspecified atom stereocenters. The van der Waals surface area contributed by atoms with Crippen LogP contribution in [0.3, 0.4) is 0 Å². The van der Waals surface area contributed by atoms with Crippen LogP contribution >= 0.6 is 23.2 Å². The molecule has 3 N–H and O–H groups in total. The van der Waals surface area contributed by atoms with E-state index in [1.54, 1.807) is 0 Å². The molecular weight excluding hydrogens is 573 g/mol. The molecule has 0 bridgehead atoms. The number of nitrogens with zero attached hydrogens (tertiary/aromatic N) is 2. The number of nitrogens with one attached hydrogen (secondary N) is 2. The summed E-state index contributed by atoms with van der Waals surface area (Å²) in [7, 11) is 0. The van der Waals surface area contributed by atoms with Gasteiger partial charge in [-0.15, -0.1) is 0 Å². The third kappa shape index (κ3) is 6.01. The van der Waals surface area contributed by atoms with Gasteiger partial charge in [-0.1, -0.05) is 62.2 Å². The number of nitriles is 1. The molecular formula is C30H34Cl2F2N4O3. The van der Waals surface area contributed by atoms with Gasteiger partial charge in [0.25, 0.3) is 0 Å². The van der Waals surface area contributed by atoms with Crippen LogP contribution in [0.15, 0.2) is 36.4 Å². The summed E-state index contributed by atoms with van der Waals surface area (Å²) in [6, 6.07) is 8.83. The first-order chi connectivity index (χ1) is 19.1. The van der Waals surface area contributed by atoms with Gasteiger partial charge >= 0.3 is 6.09 Å². The lowest BCUT2D eigenvalue weighted by Gasteiger charge is -2.40. The van der Waals surface area contributed by atoms with Gasteiger partial charge in [0.2, 0.25) is 5.91 Å². The Labute approximate surface area is 248 Å². The molecule has 220 valence electrons. The summed E-state index contributed by atoms with van der Waals surface area (Å²) in [6.07, 6.45) is 0.0696. The molecule has 2 saturated heterocycles. The van der Waals surface area contributed by atoms with E-state index in [0.29, 0.717) is 19.3 Å². The lowest BCUT2D eigenvalue weighted by atomic mass is 9.62. The molecule has 2 aromatic rings. The highest BCUT2D eigenvalue weighted by molar-refractivity contribution is 6.31. The first-order valence-corrected chi connectivity index (χ1v) is 14.2. The Morgan fingerprint density at radius 3 is 2.41 bits per heavy atom. The molecule has 0 radical (unpaired) electrons. The van der Waals surface area contributed by atoms with Crippen molar-refractivity contribution in [2.45, 2.75) is 75.9 Å². The van der Waals surface area contributed by atoms with E-state index in [1.807, 2.05) is 27.7 Å². The van der Waals surface area contributed by atoms with Gasteiger partial charge in [0.05, 0.1) is 17.1 Å². The van der Waals surface area contributed by atoms with E-state index in [9.17, 15) is 20.0 Å². The second kappa shape index (κ2) is 11.4. The summed E-state index contributed by atoms with van der Waals surface area (Å²) in [5.41, 5.74) is -2.80. The van der Waals surface area contributed by atoms with Crippen molar-refractivity contribution >= 4 is 35.2 Å². The fourth-order valence-corrected chi connectivity index (χ4v) is 6.59. The Morgan fingerprint density at radius 2 is 1.85 bits per heavy atom. The first-order valence-electron chi connectivity index (χ1n) is 13.5. The lowest BCUT2D eigenvalue weighted by molar-refractivity contribution is -0.125. The maximum Gasteiger partial charge on any atom is 0.407 e. The number of carbonyl (C=O) groups is 2. The second-order valence-corrected chi connectivity index (χ2v) is 13.4. The number of halogens is 4. The summed E-state index contributed by atoms with van der Waals surface area (Å²) in [6.45, 7) is 8.21. The number of amides is 2. The average molecular weight is 608 g/mol. The molecule has 2 amide bonds. The predicted octanol–water partition coefficient (Wildman–Crippen LogP) is 6.24. The van der Waals surface area contributed by atoms with Crippen molar-refractivity contribution in [3.63, 3.8) is 0 Å². The van der Waals surface area contributed by atoms with Gasteiger partial charge in [-0.3, -0.25) is 4.79 Å². The van der Waals surface area contributed by atoms with Gasteiger partial charge in [-0.25, -0.2) is 13.6 Å². The fraction of sp³-hybridized carbons (Fsp3) is 0.500. The maximum absolute atomic E-state index is 15.8.